The van der Waals surface area contributed by atoms with Crippen LogP contribution >= 0.6 is 0 Å². The van der Waals surface area contributed by atoms with Gasteiger partial charge in [-0.15, -0.1) is 0 Å². The molecule has 1 atom stereocenters. The molecule has 21 heavy (non-hydrogen) atoms. The van der Waals surface area contributed by atoms with Crippen molar-refractivity contribution >= 4 is 5.69 Å². The first-order valence-electron chi connectivity index (χ1n) is 6.58. The Kier molecular flexibility index (Phi) is 5.14. The van der Waals surface area contributed by atoms with Gasteiger partial charge in [-0.3, -0.25) is 0 Å². The fraction of sp³-hybridized carbons (Fsp3) is 0.333. The molecular formula is C15H16F3NO2. The van der Waals surface area contributed by atoms with Crippen molar-refractivity contribution in [2.75, 3.05) is 5.32 Å². The Morgan fingerprint density at radius 3 is 2.71 bits per heavy atom. The normalized spacial score (nSPS) is 12.4. The third kappa shape index (κ3) is 4.73. The highest BCUT2D eigenvalue weighted by molar-refractivity contribution is 5.47. The van der Waals surface area contributed by atoms with Gasteiger partial charge in [0.2, 0.25) is 0 Å². The number of hydrogen-bond acceptors (Lipinski definition) is 3. The highest BCUT2D eigenvalue weighted by atomic mass is 19.3. The predicted octanol–water partition coefficient (Wildman–Crippen LogP) is 4.45. The number of rotatable bonds is 7. The lowest BCUT2D eigenvalue weighted by Crippen LogP contribution is -2.16. The largest absolute Gasteiger partial charge is 0.469 e. The van der Waals surface area contributed by atoms with Gasteiger partial charge in [0, 0.05) is 24.2 Å². The summed E-state index contributed by atoms with van der Waals surface area (Å²) < 4.78 is 46.9. The van der Waals surface area contributed by atoms with E-state index in [1.165, 1.54) is 12.1 Å². The zero-order valence-electron chi connectivity index (χ0n) is 11.5. The van der Waals surface area contributed by atoms with Crippen LogP contribution in [0.3, 0.4) is 0 Å². The molecule has 6 heteroatoms. The van der Waals surface area contributed by atoms with Crippen LogP contribution in [0.2, 0.25) is 0 Å². The zero-order valence-corrected chi connectivity index (χ0v) is 11.5. The molecule has 0 radical (unpaired) electrons. The number of anilines is 1. The molecular weight excluding hydrogens is 283 g/mol. The van der Waals surface area contributed by atoms with Crippen molar-refractivity contribution in [3.05, 3.63) is 48.2 Å². The SMILES string of the molecule is CC(CCc1ccco1)Nc1ccc(OC(F)F)c(F)c1. The molecule has 0 aliphatic rings. The lowest BCUT2D eigenvalue weighted by atomic mass is 10.1. The van der Waals surface area contributed by atoms with E-state index < -0.39 is 18.2 Å². The first-order valence-corrected chi connectivity index (χ1v) is 6.58. The molecule has 0 saturated carbocycles. The number of hydrogen-bond donors (Lipinski definition) is 1. The van der Waals surface area contributed by atoms with E-state index in [0.29, 0.717) is 5.69 Å². The Morgan fingerprint density at radius 1 is 1.29 bits per heavy atom. The van der Waals surface area contributed by atoms with E-state index >= 15 is 0 Å². The molecule has 0 aliphatic heterocycles. The Morgan fingerprint density at radius 2 is 2.10 bits per heavy atom. The second-order valence-electron chi connectivity index (χ2n) is 4.69. The van der Waals surface area contributed by atoms with Crippen LogP contribution in [0, 0.1) is 5.82 Å². The van der Waals surface area contributed by atoms with E-state index in [0.717, 1.165) is 24.7 Å². The summed E-state index contributed by atoms with van der Waals surface area (Å²) in [5.74, 6) is -0.396. The van der Waals surface area contributed by atoms with E-state index in [1.54, 1.807) is 6.26 Å². The van der Waals surface area contributed by atoms with Crippen LogP contribution in [0.15, 0.2) is 41.0 Å². The molecule has 1 unspecified atom stereocenters. The fourth-order valence-corrected chi connectivity index (χ4v) is 1.95. The highest BCUT2D eigenvalue weighted by Crippen LogP contribution is 2.23. The summed E-state index contributed by atoms with van der Waals surface area (Å²) in [7, 11) is 0. The van der Waals surface area contributed by atoms with Crippen molar-refractivity contribution in [2.24, 2.45) is 0 Å². The number of aryl methyl sites for hydroxylation is 1. The lowest BCUT2D eigenvalue weighted by Gasteiger charge is -2.15. The van der Waals surface area contributed by atoms with E-state index in [9.17, 15) is 13.2 Å². The Bertz CT molecular complexity index is 558. The fourth-order valence-electron chi connectivity index (χ4n) is 1.95. The van der Waals surface area contributed by atoms with Gasteiger partial charge in [0.25, 0.3) is 0 Å². The summed E-state index contributed by atoms with van der Waals surface area (Å²) >= 11 is 0. The van der Waals surface area contributed by atoms with Gasteiger partial charge in [0.05, 0.1) is 6.26 Å². The van der Waals surface area contributed by atoms with Crippen LogP contribution < -0.4 is 10.1 Å². The van der Waals surface area contributed by atoms with Crippen molar-refractivity contribution in [2.45, 2.75) is 32.4 Å². The number of ether oxygens (including phenoxy) is 1. The summed E-state index contributed by atoms with van der Waals surface area (Å²) in [6.45, 7) is -1.09. The smallest absolute Gasteiger partial charge is 0.387 e. The number of nitrogens with one attached hydrogen (secondary N) is 1. The highest BCUT2D eigenvalue weighted by Gasteiger charge is 2.11. The average molecular weight is 299 g/mol. The van der Waals surface area contributed by atoms with E-state index in [4.69, 9.17) is 4.42 Å². The second kappa shape index (κ2) is 7.06. The van der Waals surface area contributed by atoms with Crippen LogP contribution in [0.4, 0.5) is 18.9 Å². The molecule has 1 aromatic carbocycles. The van der Waals surface area contributed by atoms with Crippen LogP contribution in [-0.2, 0) is 6.42 Å². The summed E-state index contributed by atoms with van der Waals surface area (Å²) in [6, 6.07) is 7.62. The van der Waals surface area contributed by atoms with Gasteiger partial charge in [-0.2, -0.15) is 8.78 Å². The van der Waals surface area contributed by atoms with Crippen molar-refractivity contribution in [3.63, 3.8) is 0 Å². The van der Waals surface area contributed by atoms with E-state index in [2.05, 4.69) is 10.1 Å². The molecule has 0 saturated heterocycles. The molecule has 114 valence electrons. The third-order valence-electron chi connectivity index (χ3n) is 2.96. The molecule has 2 aromatic rings. The number of benzene rings is 1. The van der Waals surface area contributed by atoms with Gasteiger partial charge >= 0.3 is 6.61 Å². The zero-order chi connectivity index (χ0) is 15.2. The Hall–Kier alpha value is -2.11. The number of alkyl halides is 2. The quantitative estimate of drug-likeness (QED) is 0.820. The van der Waals surface area contributed by atoms with Gasteiger partial charge in [-0.05, 0) is 37.6 Å². The van der Waals surface area contributed by atoms with Crippen molar-refractivity contribution in [1.29, 1.82) is 0 Å². The molecule has 0 bridgehead atoms. The van der Waals surface area contributed by atoms with Gasteiger partial charge in [0.1, 0.15) is 5.76 Å². The minimum atomic E-state index is -3.04. The number of furan rings is 1. The maximum atomic E-state index is 13.6. The molecule has 1 aromatic heterocycles. The molecule has 2 rings (SSSR count). The van der Waals surface area contributed by atoms with Crippen LogP contribution in [0.25, 0.3) is 0 Å². The Labute approximate surface area is 120 Å². The van der Waals surface area contributed by atoms with Gasteiger partial charge in [-0.25, -0.2) is 4.39 Å². The van der Waals surface area contributed by atoms with E-state index in [1.807, 2.05) is 19.1 Å². The second-order valence-corrected chi connectivity index (χ2v) is 4.69. The molecule has 0 amide bonds. The maximum Gasteiger partial charge on any atom is 0.387 e. The molecule has 1 heterocycles. The van der Waals surface area contributed by atoms with Gasteiger partial charge < -0.3 is 14.5 Å². The van der Waals surface area contributed by atoms with E-state index in [-0.39, 0.29) is 6.04 Å². The van der Waals surface area contributed by atoms with Crippen molar-refractivity contribution < 1.29 is 22.3 Å². The Balaban J connectivity index is 1.88. The lowest BCUT2D eigenvalue weighted by molar-refractivity contribution is -0.0521. The van der Waals surface area contributed by atoms with Gasteiger partial charge in [0.15, 0.2) is 11.6 Å². The number of halogens is 3. The predicted molar refractivity (Wildman–Crippen MR) is 73.1 cm³/mol. The summed E-state index contributed by atoms with van der Waals surface area (Å²) in [4.78, 5) is 0. The van der Waals surface area contributed by atoms with Crippen LogP contribution in [0.5, 0.6) is 5.75 Å². The molecule has 3 nitrogen and oxygen atoms in total. The minimum Gasteiger partial charge on any atom is -0.469 e. The summed E-state index contributed by atoms with van der Waals surface area (Å²) in [5.41, 5.74) is 0.515. The molecule has 1 N–H and O–H groups in total. The molecule has 0 fully saturated rings. The topological polar surface area (TPSA) is 34.4 Å². The monoisotopic (exact) mass is 299 g/mol. The van der Waals surface area contributed by atoms with Crippen LogP contribution in [0.1, 0.15) is 19.1 Å². The summed E-state index contributed by atoms with van der Waals surface area (Å²) in [6.07, 6.45) is 3.17. The summed E-state index contributed by atoms with van der Waals surface area (Å²) in [5, 5.41) is 3.10. The van der Waals surface area contributed by atoms with Crippen LogP contribution in [-0.4, -0.2) is 12.7 Å². The first kappa shape index (κ1) is 15.3. The van der Waals surface area contributed by atoms with Crippen molar-refractivity contribution in [3.8, 4) is 5.75 Å². The minimum absolute atomic E-state index is 0.0800. The third-order valence-corrected chi connectivity index (χ3v) is 2.96. The maximum absolute atomic E-state index is 13.6. The molecule has 0 aliphatic carbocycles. The average Bonchev–Trinajstić information content (AvgIpc) is 2.92. The standard InChI is InChI=1S/C15H16F3NO2/c1-10(4-6-12-3-2-8-20-12)19-11-5-7-14(13(16)9-11)21-15(17)18/h2-3,5,7-10,15,19H,4,6H2,1H3. The van der Waals surface area contributed by atoms with Crippen molar-refractivity contribution in [1.82, 2.24) is 0 Å². The van der Waals surface area contributed by atoms with Gasteiger partial charge in [-0.1, -0.05) is 0 Å². The molecule has 0 spiro atoms. The first-order chi connectivity index (χ1) is 10.0.